The van der Waals surface area contributed by atoms with Crippen LogP contribution in [0.3, 0.4) is 0 Å². The van der Waals surface area contributed by atoms with Gasteiger partial charge in [0.15, 0.2) is 5.82 Å². The molecule has 22 heavy (non-hydrogen) atoms. The molecule has 0 aliphatic rings. The van der Waals surface area contributed by atoms with E-state index in [-0.39, 0.29) is 19.1 Å². The molecule has 2 heterocycles. The smallest absolute Gasteiger partial charge is 0.251 e. The first-order valence-corrected chi connectivity index (χ1v) is 7.43. The van der Waals surface area contributed by atoms with E-state index >= 15 is 0 Å². The number of benzene rings is 1. The average Bonchev–Trinajstić information content (AvgIpc) is 3.09. The first-order chi connectivity index (χ1) is 10.7. The van der Waals surface area contributed by atoms with E-state index in [9.17, 15) is 4.79 Å². The Bertz CT molecular complexity index is 811. The van der Waals surface area contributed by atoms with Gasteiger partial charge in [-0.3, -0.25) is 4.79 Å². The summed E-state index contributed by atoms with van der Waals surface area (Å²) in [6.45, 7) is 2.39. The van der Waals surface area contributed by atoms with Crippen LogP contribution in [0.2, 0.25) is 0 Å². The highest BCUT2D eigenvalue weighted by atomic mass is 32.1. The number of hydrogen-bond donors (Lipinski definition) is 1. The molecule has 0 saturated carbocycles. The minimum absolute atomic E-state index is 0.170. The van der Waals surface area contributed by atoms with Crippen LogP contribution in [0, 0.1) is 6.92 Å². The Morgan fingerprint density at radius 1 is 1.41 bits per heavy atom. The van der Waals surface area contributed by atoms with Crippen molar-refractivity contribution in [2.45, 2.75) is 20.1 Å². The highest BCUT2D eigenvalue weighted by Crippen LogP contribution is 2.22. The van der Waals surface area contributed by atoms with Crippen LogP contribution >= 0.6 is 11.3 Å². The number of thiazole rings is 1. The van der Waals surface area contributed by atoms with Crippen LogP contribution in [-0.4, -0.2) is 28.1 Å². The molecule has 2 aromatic heterocycles. The summed E-state index contributed by atoms with van der Waals surface area (Å²) in [5.74, 6) is 0.580. The van der Waals surface area contributed by atoms with Gasteiger partial charge in [0.05, 0.1) is 21.8 Å². The molecule has 1 N–H and O–H groups in total. The molecule has 0 spiro atoms. The molecule has 3 rings (SSSR count). The molecule has 1 aromatic carbocycles. The van der Waals surface area contributed by atoms with Gasteiger partial charge in [-0.1, -0.05) is 5.16 Å². The quantitative estimate of drug-likeness (QED) is 0.774. The van der Waals surface area contributed by atoms with Crippen molar-refractivity contribution in [2.75, 3.05) is 7.11 Å². The lowest BCUT2D eigenvalue weighted by Crippen LogP contribution is -2.22. The van der Waals surface area contributed by atoms with Crippen molar-refractivity contribution >= 4 is 27.5 Å². The van der Waals surface area contributed by atoms with E-state index in [1.807, 2.05) is 13.0 Å². The topological polar surface area (TPSA) is 90.1 Å². The van der Waals surface area contributed by atoms with E-state index in [0.29, 0.717) is 17.3 Å². The summed E-state index contributed by atoms with van der Waals surface area (Å²) in [4.78, 5) is 20.6. The zero-order chi connectivity index (χ0) is 15.5. The summed E-state index contributed by atoms with van der Waals surface area (Å²) in [6, 6.07) is 5.45. The fourth-order valence-corrected chi connectivity index (χ4v) is 2.80. The summed E-state index contributed by atoms with van der Waals surface area (Å²) in [7, 11) is 1.55. The largest absolute Gasteiger partial charge is 0.377 e. The van der Waals surface area contributed by atoms with Gasteiger partial charge in [-0.05, 0) is 25.1 Å². The minimum atomic E-state index is -0.209. The summed E-state index contributed by atoms with van der Waals surface area (Å²) in [5, 5.41) is 7.45. The monoisotopic (exact) mass is 318 g/mol. The fraction of sp³-hybridized carbons (Fsp3) is 0.286. The maximum atomic E-state index is 12.2. The van der Waals surface area contributed by atoms with Gasteiger partial charge in [-0.25, -0.2) is 4.98 Å². The molecule has 8 heteroatoms. The van der Waals surface area contributed by atoms with Gasteiger partial charge in [0.2, 0.25) is 5.89 Å². The van der Waals surface area contributed by atoms with E-state index in [2.05, 4.69) is 20.4 Å². The first-order valence-electron chi connectivity index (χ1n) is 6.61. The van der Waals surface area contributed by atoms with E-state index in [1.54, 1.807) is 30.6 Å². The molecule has 0 radical (unpaired) electrons. The lowest BCUT2D eigenvalue weighted by Gasteiger charge is -2.02. The van der Waals surface area contributed by atoms with Crippen LogP contribution < -0.4 is 5.32 Å². The minimum Gasteiger partial charge on any atom is -0.377 e. The van der Waals surface area contributed by atoms with Gasteiger partial charge < -0.3 is 14.6 Å². The Balaban J connectivity index is 1.67. The van der Waals surface area contributed by atoms with Gasteiger partial charge in [0, 0.05) is 12.7 Å². The third-order valence-electron chi connectivity index (χ3n) is 2.94. The Kier molecular flexibility index (Phi) is 4.12. The van der Waals surface area contributed by atoms with Crippen LogP contribution in [0.1, 0.15) is 27.1 Å². The van der Waals surface area contributed by atoms with Crippen molar-refractivity contribution < 1.29 is 14.1 Å². The molecule has 3 aromatic rings. The first kappa shape index (κ1) is 14.6. The zero-order valence-electron chi connectivity index (χ0n) is 12.1. The number of rotatable bonds is 5. The maximum Gasteiger partial charge on any atom is 0.251 e. The summed E-state index contributed by atoms with van der Waals surface area (Å²) < 4.78 is 11.0. The van der Waals surface area contributed by atoms with Crippen molar-refractivity contribution in [1.82, 2.24) is 20.4 Å². The Morgan fingerprint density at radius 2 is 2.27 bits per heavy atom. The van der Waals surface area contributed by atoms with Crippen molar-refractivity contribution in [3.63, 3.8) is 0 Å². The number of fused-ring (bicyclic) bond motifs is 1. The summed E-state index contributed by atoms with van der Waals surface area (Å²) in [6.07, 6.45) is 0. The molecular formula is C14H14N4O3S. The summed E-state index contributed by atoms with van der Waals surface area (Å²) >= 11 is 1.60. The van der Waals surface area contributed by atoms with Crippen LogP contribution in [0.5, 0.6) is 0 Å². The molecule has 0 aliphatic carbocycles. The van der Waals surface area contributed by atoms with Crippen molar-refractivity contribution in [3.8, 4) is 0 Å². The predicted octanol–water partition coefficient (Wildman–Crippen LogP) is 2.06. The highest BCUT2D eigenvalue weighted by Gasteiger charge is 2.11. The Hall–Kier alpha value is -2.32. The predicted molar refractivity (Wildman–Crippen MR) is 80.5 cm³/mol. The number of aryl methyl sites for hydroxylation is 1. The van der Waals surface area contributed by atoms with Gasteiger partial charge >= 0.3 is 0 Å². The van der Waals surface area contributed by atoms with Crippen LogP contribution in [0.15, 0.2) is 22.7 Å². The zero-order valence-corrected chi connectivity index (χ0v) is 12.9. The van der Waals surface area contributed by atoms with Gasteiger partial charge in [-0.2, -0.15) is 4.98 Å². The number of ether oxygens (including phenoxy) is 1. The molecule has 0 bridgehead atoms. The normalized spacial score (nSPS) is 11.0. The molecule has 0 unspecified atom stereocenters. The molecule has 114 valence electrons. The summed E-state index contributed by atoms with van der Waals surface area (Å²) in [5.41, 5.74) is 1.38. The average molecular weight is 318 g/mol. The Morgan fingerprint density at radius 3 is 3.09 bits per heavy atom. The number of nitrogens with zero attached hydrogens (tertiary/aromatic N) is 3. The van der Waals surface area contributed by atoms with Crippen molar-refractivity contribution in [1.29, 1.82) is 0 Å². The number of methoxy groups -OCH3 is 1. The second-order valence-corrected chi connectivity index (χ2v) is 5.87. The van der Waals surface area contributed by atoms with E-state index in [4.69, 9.17) is 9.26 Å². The second-order valence-electron chi connectivity index (χ2n) is 4.64. The lowest BCUT2D eigenvalue weighted by atomic mass is 10.2. The van der Waals surface area contributed by atoms with Gasteiger partial charge in [0.1, 0.15) is 6.61 Å². The fourth-order valence-electron chi connectivity index (χ4n) is 1.99. The Labute approximate surface area is 130 Å². The van der Waals surface area contributed by atoms with E-state index in [1.165, 1.54) is 0 Å². The van der Waals surface area contributed by atoms with Crippen molar-refractivity contribution in [2.24, 2.45) is 0 Å². The number of amides is 1. The van der Waals surface area contributed by atoms with Crippen LogP contribution in [-0.2, 0) is 17.9 Å². The molecule has 0 aliphatic heterocycles. The lowest BCUT2D eigenvalue weighted by molar-refractivity contribution is 0.0946. The van der Waals surface area contributed by atoms with Crippen LogP contribution in [0.4, 0.5) is 0 Å². The molecule has 0 fully saturated rings. The molecule has 0 saturated heterocycles. The number of carbonyl (C=O) groups excluding carboxylic acids is 1. The third kappa shape index (κ3) is 3.12. The molecule has 1 amide bonds. The second kappa shape index (κ2) is 6.20. The maximum absolute atomic E-state index is 12.2. The molecule has 0 atom stereocenters. The molecular weight excluding hydrogens is 304 g/mol. The number of carbonyl (C=O) groups is 1. The third-order valence-corrected chi connectivity index (χ3v) is 3.89. The van der Waals surface area contributed by atoms with Gasteiger partial charge in [-0.15, -0.1) is 11.3 Å². The van der Waals surface area contributed by atoms with Crippen molar-refractivity contribution in [3.05, 3.63) is 40.5 Å². The number of nitrogens with one attached hydrogen (secondary N) is 1. The number of hydrogen-bond acceptors (Lipinski definition) is 7. The van der Waals surface area contributed by atoms with E-state index in [0.717, 1.165) is 15.2 Å². The van der Waals surface area contributed by atoms with E-state index < -0.39 is 0 Å². The SMILES string of the molecule is COCc1noc(CNC(=O)c2ccc3sc(C)nc3c2)n1. The highest BCUT2D eigenvalue weighted by molar-refractivity contribution is 7.18. The van der Waals surface area contributed by atoms with Crippen LogP contribution in [0.25, 0.3) is 10.2 Å². The standard InChI is InChI=1S/C14H14N4O3S/c1-8-16-10-5-9(3-4-11(10)22-8)14(19)15-6-13-17-12(7-20-2)18-21-13/h3-5H,6-7H2,1-2H3,(H,15,19). The molecule has 7 nitrogen and oxygen atoms in total. The van der Waals surface area contributed by atoms with Gasteiger partial charge in [0.25, 0.3) is 5.91 Å². The number of aromatic nitrogens is 3.